The molecule has 216 valence electrons. The number of carbonyl (C=O) groups excluding carboxylic acids is 3. The number of benzene rings is 2. The molecular formula is C31H33BrClN3O5. The number of hydrogen-bond acceptors (Lipinski definition) is 5. The third kappa shape index (κ3) is 4.92. The molecule has 3 saturated heterocycles. The Balaban J connectivity index is 1.59. The van der Waals surface area contributed by atoms with E-state index in [0.717, 1.165) is 0 Å². The largest absolute Gasteiger partial charge is 0.396 e. The van der Waals surface area contributed by atoms with Crippen molar-refractivity contribution in [2.45, 2.75) is 35.4 Å². The van der Waals surface area contributed by atoms with E-state index in [1.807, 2.05) is 30.3 Å². The zero-order valence-electron chi connectivity index (χ0n) is 22.6. The quantitative estimate of drug-likeness (QED) is 0.293. The van der Waals surface area contributed by atoms with E-state index >= 15 is 0 Å². The maximum absolute atomic E-state index is 14.5. The molecule has 0 saturated carbocycles. The summed E-state index contributed by atoms with van der Waals surface area (Å²) >= 11 is 10.2. The van der Waals surface area contributed by atoms with Crippen molar-refractivity contribution in [3.05, 3.63) is 84.9 Å². The summed E-state index contributed by atoms with van der Waals surface area (Å²) in [7, 11) is 0. The maximum atomic E-state index is 14.5. The van der Waals surface area contributed by atoms with Gasteiger partial charge in [0, 0.05) is 36.8 Å². The summed E-state index contributed by atoms with van der Waals surface area (Å²) in [6.45, 7) is 8.06. The third-order valence-electron chi connectivity index (χ3n) is 8.23. The first-order chi connectivity index (χ1) is 19.8. The first kappa shape index (κ1) is 29.5. The van der Waals surface area contributed by atoms with Gasteiger partial charge in [-0.3, -0.25) is 14.4 Å². The van der Waals surface area contributed by atoms with Crippen LogP contribution < -0.4 is 9.80 Å². The topological polar surface area (TPSA) is 90.4 Å². The molecule has 2 bridgehead atoms. The van der Waals surface area contributed by atoms with E-state index in [1.165, 1.54) is 9.80 Å². The van der Waals surface area contributed by atoms with Crippen molar-refractivity contribution in [2.24, 2.45) is 11.8 Å². The third-order valence-corrected chi connectivity index (χ3v) is 9.40. The van der Waals surface area contributed by atoms with Crippen molar-refractivity contribution in [1.82, 2.24) is 4.90 Å². The van der Waals surface area contributed by atoms with Gasteiger partial charge in [0.15, 0.2) is 0 Å². The van der Waals surface area contributed by atoms with Crippen molar-refractivity contribution < 1.29 is 24.2 Å². The molecule has 3 amide bonds. The fourth-order valence-corrected chi connectivity index (χ4v) is 7.85. The number of amides is 3. The van der Waals surface area contributed by atoms with E-state index < -0.39 is 29.6 Å². The SMILES string of the molecule is C=CCN(C(=O)[C@H]1[C@@H]2OC3(CC2Br)C(C(=O)N(CC=C)c2ccccc2Cl)N(CCCO)C(=O)[C@H]13)c1ccccc1. The molecule has 3 fully saturated rings. The highest BCUT2D eigenvalue weighted by Gasteiger charge is 2.77. The summed E-state index contributed by atoms with van der Waals surface area (Å²) < 4.78 is 6.65. The van der Waals surface area contributed by atoms with Gasteiger partial charge >= 0.3 is 0 Å². The zero-order valence-corrected chi connectivity index (χ0v) is 24.9. The number of rotatable bonds is 11. The van der Waals surface area contributed by atoms with Crippen molar-refractivity contribution in [3.8, 4) is 0 Å². The van der Waals surface area contributed by atoms with Gasteiger partial charge in [0.2, 0.25) is 11.8 Å². The molecule has 1 spiro atoms. The van der Waals surface area contributed by atoms with Crippen LogP contribution >= 0.6 is 27.5 Å². The van der Waals surface area contributed by atoms with Crippen molar-refractivity contribution in [1.29, 1.82) is 0 Å². The molecule has 0 aromatic heterocycles. The highest BCUT2D eigenvalue weighted by atomic mass is 79.9. The van der Waals surface area contributed by atoms with Gasteiger partial charge in [-0.2, -0.15) is 0 Å². The molecule has 10 heteroatoms. The number of hydrogen-bond donors (Lipinski definition) is 1. The number of alkyl halides is 1. The monoisotopic (exact) mass is 641 g/mol. The second-order valence-electron chi connectivity index (χ2n) is 10.5. The zero-order chi connectivity index (χ0) is 29.3. The minimum atomic E-state index is -1.24. The molecule has 41 heavy (non-hydrogen) atoms. The first-order valence-corrected chi connectivity index (χ1v) is 15.0. The van der Waals surface area contributed by atoms with Gasteiger partial charge in [-0.05, 0) is 37.1 Å². The Morgan fingerprint density at radius 1 is 1.07 bits per heavy atom. The number of ether oxygens (including phenoxy) is 1. The number of nitrogens with zero attached hydrogens (tertiary/aromatic N) is 3. The number of para-hydroxylation sites is 2. The Morgan fingerprint density at radius 3 is 2.39 bits per heavy atom. The highest BCUT2D eigenvalue weighted by molar-refractivity contribution is 9.09. The lowest BCUT2D eigenvalue weighted by atomic mass is 9.70. The molecule has 3 heterocycles. The number of likely N-dealkylation sites (tertiary alicyclic amines) is 1. The summed E-state index contributed by atoms with van der Waals surface area (Å²) in [6.07, 6.45) is 3.30. The van der Waals surface area contributed by atoms with Gasteiger partial charge in [0.25, 0.3) is 5.91 Å². The van der Waals surface area contributed by atoms with E-state index in [-0.39, 0.29) is 55.2 Å². The Bertz CT molecular complexity index is 1340. The Morgan fingerprint density at radius 2 is 1.73 bits per heavy atom. The Kier molecular flexibility index (Phi) is 8.70. The predicted octanol–water partition coefficient (Wildman–Crippen LogP) is 4.21. The van der Waals surface area contributed by atoms with Crippen LogP contribution in [0.4, 0.5) is 11.4 Å². The van der Waals surface area contributed by atoms with Crippen molar-refractivity contribution >= 4 is 56.6 Å². The number of halogens is 2. The van der Waals surface area contributed by atoms with E-state index in [0.29, 0.717) is 22.8 Å². The molecule has 1 N–H and O–H groups in total. The summed E-state index contributed by atoms with van der Waals surface area (Å²) in [5.74, 6) is -2.62. The number of aliphatic hydroxyl groups is 1. The number of carbonyl (C=O) groups is 3. The summed E-state index contributed by atoms with van der Waals surface area (Å²) in [5, 5.41) is 10.0. The van der Waals surface area contributed by atoms with E-state index in [4.69, 9.17) is 16.3 Å². The second-order valence-corrected chi connectivity index (χ2v) is 12.1. The van der Waals surface area contributed by atoms with Gasteiger partial charge in [-0.25, -0.2) is 0 Å². The van der Waals surface area contributed by atoms with Gasteiger partial charge in [0.1, 0.15) is 11.6 Å². The van der Waals surface area contributed by atoms with Gasteiger partial charge in [0.05, 0.1) is 28.6 Å². The molecule has 2 aromatic rings. The fourth-order valence-electron chi connectivity index (χ4n) is 6.67. The molecule has 3 aliphatic heterocycles. The number of anilines is 2. The molecule has 0 aliphatic carbocycles. The predicted molar refractivity (Wildman–Crippen MR) is 162 cm³/mol. The summed E-state index contributed by atoms with van der Waals surface area (Å²) in [5.41, 5.74) is -0.0586. The van der Waals surface area contributed by atoms with Crippen LogP contribution in [0.25, 0.3) is 0 Å². The van der Waals surface area contributed by atoms with E-state index in [9.17, 15) is 19.5 Å². The van der Waals surface area contributed by atoms with Gasteiger partial charge < -0.3 is 24.5 Å². The molecule has 3 unspecified atom stereocenters. The second kappa shape index (κ2) is 12.1. The molecule has 3 aliphatic rings. The molecular weight excluding hydrogens is 610 g/mol. The van der Waals surface area contributed by atoms with Crippen LogP contribution in [0.2, 0.25) is 5.02 Å². The summed E-state index contributed by atoms with van der Waals surface area (Å²) in [6, 6.07) is 15.2. The minimum absolute atomic E-state index is 0.144. The lowest BCUT2D eigenvalue weighted by Crippen LogP contribution is -2.57. The smallest absolute Gasteiger partial charge is 0.253 e. The van der Waals surface area contributed by atoms with Crippen LogP contribution in [0.3, 0.4) is 0 Å². The van der Waals surface area contributed by atoms with Crippen molar-refractivity contribution in [3.63, 3.8) is 0 Å². The Hall–Kier alpha value is -2.98. The molecule has 8 nitrogen and oxygen atoms in total. The molecule has 0 radical (unpaired) electrons. The average molecular weight is 643 g/mol. The van der Waals surface area contributed by atoms with Crippen LogP contribution in [-0.2, 0) is 19.1 Å². The van der Waals surface area contributed by atoms with Gasteiger partial charge in [-0.15, -0.1) is 13.2 Å². The van der Waals surface area contributed by atoms with Crippen LogP contribution in [0, 0.1) is 11.8 Å². The minimum Gasteiger partial charge on any atom is -0.396 e. The van der Waals surface area contributed by atoms with Crippen molar-refractivity contribution in [2.75, 3.05) is 36.0 Å². The number of fused-ring (bicyclic) bond motifs is 1. The van der Waals surface area contributed by atoms with E-state index in [2.05, 4.69) is 29.1 Å². The fraction of sp³-hybridized carbons (Fsp3) is 0.387. The normalized spacial score (nSPS) is 27.9. The van der Waals surface area contributed by atoms with Crippen LogP contribution in [0.15, 0.2) is 79.9 Å². The molecule has 6 atom stereocenters. The van der Waals surface area contributed by atoms with Gasteiger partial charge in [-0.1, -0.05) is 70.0 Å². The lowest BCUT2D eigenvalue weighted by molar-refractivity contribution is -0.140. The maximum Gasteiger partial charge on any atom is 0.253 e. The lowest BCUT2D eigenvalue weighted by Gasteiger charge is -2.37. The highest BCUT2D eigenvalue weighted by Crippen LogP contribution is 2.60. The molecule has 2 aromatic carbocycles. The Labute approximate surface area is 253 Å². The van der Waals surface area contributed by atoms with E-state index in [1.54, 1.807) is 41.3 Å². The number of aliphatic hydroxyl groups excluding tert-OH is 1. The first-order valence-electron chi connectivity index (χ1n) is 13.7. The van der Waals surface area contributed by atoms with Crippen LogP contribution in [-0.4, -0.2) is 76.5 Å². The van der Waals surface area contributed by atoms with Crippen LogP contribution in [0.1, 0.15) is 12.8 Å². The standard InChI is InChI=1S/C31H33BrClN3O5/c1-3-15-34(20-11-6-5-7-12-20)28(38)24-25-29(39)36(17-10-18-37)27(31(25)19-21(32)26(24)41-31)30(40)35(16-4-2)23-14-9-8-13-22(23)33/h3-9,11-14,21,24-27,37H,1-2,10,15-19H2/t21?,24-,25+,26-,27?,31?/m1/s1. The average Bonchev–Trinajstić information content (AvgIpc) is 3.57. The summed E-state index contributed by atoms with van der Waals surface area (Å²) in [4.78, 5) is 47.5. The molecule has 5 rings (SSSR count). The van der Waals surface area contributed by atoms with Crippen LogP contribution in [0.5, 0.6) is 0 Å².